The van der Waals surface area contributed by atoms with E-state index in [4.69, 9.17) is 15.9 Å². The van der Waals surface area contributed by atoms with Crippen LogP contribution in [-0.4, -0.2) is 36.9 Å². The molecule has 0 aliphatic rings. The first-order valence-electron chi connectivity index (χ1n) is 8.46. The minimum atomic E-state index is 0.391. The predicted molar refractivity (Wildman–Crippen MR) is 109 cm³/mol. The Kier molecular flexibility index (Phi) is 6.79. The van der Waals surface area contributed by atoms with E-state index in [0.717, 1.165) is 17.8 Å². The number of nitrogens with zero attached hydrogens (tertiary/aromatic N) is 2. The zero-order chi connectivity index (χ0) is 19.8. The number of hydrogen-bond donors (Lipinski definition) is 2. The molecule has 0 fully saturated rings. The van der Waals surface area contributed by atoms with Crippen molar-refractivity contribution in [3.63, 3.8) is 0 Å². The van der Waals surface area contributed by atoms with E-state index in [1.54, 1.807) is 14.2 Å². The average Bonchev–Trinajstić information content (AvgIpc) is 2.99. The van der Waals surface area contributed by atoms with E-state index in [1.807, 2.05) is 36.7 Å². The second-order valence-electron chi connectivity index (χ2n) is 5.58. The second kappa shape index (κ2) is 9.26. The number of aromatic nitrogens is 2. The Labute approximate surface area is 160 Å². The van der Waals surface area contributed by atoms with Gasteiger partial charge in [0.2, 0.25) is 0 Å². The maximum Gasteiger partial charge on any atom is 0.188 e. The summed E-state index contributed by atoms with van der Waals surface area (Å²) in [5, 5.41) is 6.33. The van der Waals surface area contributed by atoms with Crippen molar-refractivity contribution in [3.05, 3.63) is 41.9 Å². The standard InChI is InChI=1S/C21H24N4O2/c1-7-13-23-15(3)20-21(22-8-2)24-19(25(20)4)12-10-16-9-11-17(26-5)18(14-16)27-6/h1,9,11,14,22-23H,3,8,13H2,2,4-6H3. The molecular weight excluding hydrogens is 340 g/mol. The van der Waals surface area contributed by atoms with Crippen LogP contribution >= 0.6 is 0 Å². The fourth-order valence-electron chi connectivity index (χ4n) is 2.53. The minimum Gasteiger partial charge on any atom is -0.493 e. The lowest BCUT2D eigenvalue weighted by Crippen LogP contribution is -2.15. The van der Waals surface area contributed by atoms with Crippen molar-refractivity contribution in [3.8, 4) is 35.7 Å². The van der Waals surface area contributed by atoms with Gasteiger partial charge in [0.25, 0.3) is 0 Å². The molecule has 27 heavy (non-hydrogen) atoms. The maximum absolute atomic E-state index is 5.32. The molecule has 0 saturated heterocycles. The molecule has 6 nitrogen and oxygen atoms in total. The number of benzene rings is 1. The van der Waals surface area contributed by atoms with Gasteiger partial charge in [0.05, 0.1) is 26.5 Å². The Morgan fingerprint density at radius 1 is 1.26 bits per heavy atom. The third-order valence-electron chi connectivity index (χ3n) is 3.83. The first-order chi connectivity index (χ1) is 13.0. The summed E-state index contributed by atoms with van der Waals surface area (Å²) in [6.07, 6.45) is 5.32. The van der Waals surface area contributed by atoms with Gasteiger partial charge in [-0.3, -0.25) is 0 Å². The average molecular weight is 364 g/mol. The summed E-state index contributed by atoms with van der Waals surface area (Å²) < 4.78 is 12.5. The number of terminal acetylenes is 1. The number of nitrogens with one attached hydrogen (secondary N) is 2. The van der Waals surface area contributed by atoms with Gasteiger partial charge in [-0.2, -0.15) is 0 Å². The number of imidazole rings is 1. The lowest BCUT2D eigenvalue weighted by Gasteiger charge is -2.10. The van der Waals surface area contributed by atoms with Gasteiger partial charge in [0, 0.05) is 19.2 Å². The Bertz CT molecular complexity index is 926. The molecule has 0 atom stereocenters. The third-order valence-corrected chi connectivity index (χ3v) is 3.83. The largest absolute Gasteiger partial charge is 0.493 e. The van der Waals surface area contributed by atoms with Crippen molar-refractivity contribution in [1.82, 2.24) is 14.9 Å². The van der Waals surface area contributed by atoms with Crippen LogP contribution in [0.4, 0.5) is 5.82 Å². The Morgan fingerprint density at radius 2 is 2.00 bits per heavy atom. The monoisotopic (exact) mass is 364 g/mol. The Balaban J connectivity index is 2.39. The molecule has 140 valence electrons. The van der Waals surface area contributed by atoms with Crippen LogP contribution in [0.25, 0.3) is 5.70 Å². The van der Waals surface area contributed by atoms with Gasteiger partial charge in [-0.05, 0) is 31.0 Å². The summed E-state index contributed by atoms with van der Waals surface area (Å²) in [5.41, 5.74) is 2.31. The summed E-state index contributed by atoms with van der Waals surface area (Å²) in [7, 11) is 5.09. The van der Waals surface area contributed by atoms with E-state index in [2.05, 4.69) is 40.0 Å². The zero-order valence-corrected chi connectivity index (χ0v) is 16.1. The van der Waals surface area contributed by atoms with E-state index in [1.165, 1.54) is 0 Å². The van der Waals surface area contributed by atoms with Gasteiger partial charge in [-0.1, -0.05) is 18.4 Å². The van der Waals surface area contributed by atoms with Gasteiger partial charge >= 0.3 is 0 Å². The molecule has 2 rings (SSSR count). The van der Waals surface area contributed by atoms with Gasteiger partial charge in [-0.15, -0.1) is 6.42 Å². The van der Waals surface area contributed by atoms with Crippen molar-refractivity contribution in [1.29, 1.82) is 0 Å². The van der Waals surface area contributed by atoms with E-state index < -0.39 is 0 Å². The van der Waals surface area contributed by atoms with Crippen LogP contribution in [0.2, 0.25) is 0 Å². The highest BCUT2D eigenvalue weighted by Gasteiger charge is 2.15. The topological polar surface area (TPSA) is 60.3 Å². The first kappa shape index (κ1) is 19.8. The SMILES string of the molecule is C#CCNC(=C)c1c(NCC)nc(C#Cc2ccc(OC)c(OC)c2)n1C. The Hall–Kier alpha value is -3.51. The van der Waals surface area contributed by atoms with Crippen LogP contribution < -0.4 is 20.1 Å². The van der Waals surface area contributed by atoms with Crippen molar-refractivity contribution < 1.29 is 9.47 Å². The minimum absolute atomic E-state index is 0.391. The lowest BCUT2D eigenvalue weighted by atomic mass is 10.2. The molecule has 0 bridgehead atoms. The highest BCUT2D eigenvalue weighted by atomic mass is 16.5. The fraction of sp³-hybridized carbons (Fsp3) is 0.286. The number of anilines is 1. The predicted octanol–water partition coefficient (Wildman–Crippen LogP) is 2.46. The van der Waals surface area contributed by atoms with E-state index in [-0.39, 0.29) is 0 Å². The molecule has 0 aliphatic carbocycles. The van der Waals surface area contributed by atoms with Crippen LogP contribution in [0.15, 0.2) is 24.8 Å². The molecule has 1 aromatic carbocycles. The molecule has 1 heterocycles. The molecule has 2 aromatic rings. The van der Waals surface area contributed by atoms with Crippen molar-refractivity contribution in [2.75, 3.05) is 32.6 Å². The molecular formula is C21H24N4O2. The summed E-state index contributed by atoms with van der Waals surface area (Å²) in [4.78, 5) is 4.59. The van der Waals surface area contributed by atoms with Crippen LogP contribution in [0, 0.1) is 24.2 Å². The number of methoxy groups -OCH3 is 2. The van der Waals surface area contributed by atoms with Crippen molar-refractivity contribution in [2.24, 2.45) is 7.05 Å². The fourth-order valence-corrected chi connectivity index (χ4v) is 2.53. The zero-order valence-electron chi connectivity index (χ0n) is 16.1. The second-order valence-corrected chi connectivity index (χ2v) is 5.58. The molecule has 6 heteroatoms. The summed E-state index contributed by atoms with van der Waals surface area (Å²) >= 11 is 0. The Morgan fingerprint density at radius 3 is 2.63 bits per heavy atom. The molecule has 0 unspecified atom stereocenters. The molecule has 0 spiro atoms. The molecule has 0 radical (unpaired) electrons. The summed E-state index contributed by atoms with van der Waals surface area (Å²) in [6.45, 7) is 7.18. The number of hydrogen-bond acceptors (Lipinski definition) is 5. The van der Waals surface area contributed by atoms with Gasteiger partial charge < -0.3 is 24.7 Å². The molecule has 0 aliphatic heterocycles. The van der Waals surface area contributed by atoms with Crippen LogP contribution in [0.5, 0.6) is 11.5 Å². The van der Waals surface area contributed by atoms with E-state index >= 15 is 0 Å². The van der Waals surface area contributed by atoms with Crippen LogP contribution in [0.1, 0.15) is 24.0 Å². The van der Waals surface area contributed by atoms with Crippen LogP contribution in [-0.2, 0) is 7.05 Å². The molecule has 0 amide bonds. The molecule has 0 saturated carbocycles. The third kappa shape index (κ3) is 4.56. The van der Waals surface area contributed by atoms with E-state index in [0.29, 0.717) is 35.4 Å². The number of rotatable bonds is 7. The van der Waals surface area contributed by atoms with E-state index in [9.17, 15) is 0 Å². The highest BCUT2D eigenvalue weighted by Crippen LogP contribution is 2.27. The normalized spacial score (nSPS) is 9.59. The van der Waals surface area contributed by atoms with Crippen LogP contribution in [0.3, 0.4) is 0 Å². The smallest absolute Gasteiger partial charge is 0.188 e. The van der Waals surface area contributed by atoms with Crippen molar-refractivity contribution in [2.45, 2.75) is 6.92 Å². The number of ether oxygens (including phenoxy) is 2. The van der Waals surface area contributed by atoms with Gasteiger partial charge in [-0.25, -0.2) is 4.98 Å². The quantitative estimate of drug-likeness (QED) is 0.739. The van der Waals surface area contributed by atoms with Crippen molar-refractivity contribution >= 4 is 11.5 Å². The first-order valence-corrected chi connectivity index (χ1v) is 8.46. The summed E-state index contributed by atoms with van der Waals surface area (Å²) in [5.74, 6) is 11.4. The highest BCUT2D eigenvalue weighted by molar-refractivity contribution is 5.70. The summed E-state index contributed by atoms with van der Waals surface area (Å²) in [6, 6.07) is 5.52. The lowest BCUT2D eigenvalue weighted by molar-refractivity contribution is 0.355. The molecule has 2 N–H and O–H groups in total. The molecule has 1 aromatic heterocycles. The van der Waals surface area contributed by atoms with Gasteiger partial charge in [0.1, 0.15) is 5.69 Å². The van der Waals surface area contributed by atoms with Gasteiger partial charge in [0.15, 0.2) is 23.1 Å². The maximum atomic E-state index is 5.32.